The van der Waals surface area contributed by atoms with Crippen LogP contribution in [0, 0.1) is 10.1 Å². The zero-order chi connectivity index (χ0) is 16.2. The molecule has 1 atom stereocenters. The van der Waals surface area contributed by atoms with Gasteiger partial charge in [-0.25, -0.2) is 13.1 Å². The van der Waals surface area contributed by atoms with E-state index in [2.05, 4.69) is 4.72 Å². The second-order valence-electron chi connectivity index (χ2n) is 4.75. The Morgan fingerprint density at radius 2 is 1.86 bits per heavy atom. The number of hydrogen-bond donors (Lipinski definition) is 1. The summed E-state index contributed by atoms with van der Waals surface area (Å²) < 4.78 is 26.2. The van der Waals surface area contributed by atoms with Gasteiger partial charge in [0, 0.05) is 26.2 Å². The third-order valence-corrected chi connectivity index (χ3v) is 4.10. The van der Waals surface area contributed by atoms with Crippen molar-refractivity contribution in [1.82, 2.24) is 9.62 Å². The van der Waals surface area contributed by atoms with E-state index in [1.54, 1.807) is 0 Å². The lowest BCUT2D eigenvalue weighted by Crippen LogP contribution is -2.44. The first-order valence-corrected chi connectivity index (χ1v) is 7.72. The molecule has 9 heteroatoms. The Morgan fingerprint density at radius 3 is 2.29 bits per heavy atom. The summed E-state index contributed by atoms with van der Waals surface area (Å²) in [7, 11) is -0.650. The average Bonchev–Trinajstić information content (AvgIpc) is 2.37. The van der Waals surface area contributed by atoms with Crippen molar-refractivity contribution in [2.45, 2.75) is 18.7 Å². The second-order valence-corrected chi connectivity index (χ2v) is 6.51. The minimum Gasteiger partial charge on any atom is -0.347 e. The zero-order valence-electron chi connectivity index (χ0n) is 11.9. The molecule has 1 aromatic rings. The Bertz CT molecular complexity index is 625. The highest BCUT2D eigenvalue weighted by molar-refractivity contribution is 7.88. The van der Waals surface area contributed by atoms with Gasteiger partial charge in [-0.2, -0.15) is 0 Å². The van der Waals surface area contributed by atoms with Crippen LogP contribution >= 0.6 is 0 Å². The minimum atomic E-state index is -3.71. The molecule has 0 heterocycles. The van der Waals surface area contributed by atoms with Crippen LogP contribution in [-0.4, -0.2) is 44.3 Å². The summed E-state index contributed by atoms with van der Waals surface area (Å²) >= 11 is 0. The standard InChI is InChI=1S/C12H17N3O5S/c1-9(12(16)14(2)3)13-21(19,20)8-10-4-6-11(7-5-10)15(17)18/h4-7,9,13H,8H2,1-3H3. The number of carbonyl (C=O) groups is 1. The SMILES string of the molecule is CC(NS(=O)(=O)Cc1ccc([N+](=O)[O-])cc1)C(=O)N(C)C. The van der Waals surface area contributed by atoms with Gasteiger partial charge in [0.25, 0.3) is 5.69 Å². The lowest BCUT2D eigenvalue weighted by molar-refractivity contribution is -0.384. The van der Waals surface area contributed by atoms with Crippen LogP contribution < -0.4 is 4.72 Å². The van der Waals surface area contributed by atoms with Crippen molar-refractivity contribution >= 4 is 21.6 Å². The second kappa shape index (κ2) is 6.64. The molecule has 1 amide bonds. The summed E-state index contributed by atoms with van der Waals surface area (Å²) in [6.45, 7) is 1.45. The van der Waals surface area contributed by atoms with Gasteiger partial charge in [0.2, 0.25) is 15.9 Å². The van der Waals surface area contributed by atoms with E-state index in [4.69, 9.17) is 0 Å². The first-order valence-electron chi connectivity index (χ1n) is 6.07. The van der Waals surface area contributed by atoms with Crippen molar-refractivity contribution in [3.63, 3.8) is 0 Å². The fraction of sp³-hybridized carbons (Fsp3) is 0.417. The Morgan fingerprint density at radius 1 is 1.33 bits per heavy atom. The Labute approximate surface area is 123 Å². The maximum Gasteiger partial charge on any atom is 0.269 e. The van der Waals surface area contributed by atoms with Crippen molar-refractivity contribution in [1.29, 1.82) is 0 Å². The number of nitro groups is 1. The number of likely N-dealkylation sites (N-methyl/N-ethyl adjacent to an activating group) is 1. The number of nitrogens with zero attached hydrogens (tertiary/aromatic N) is 2. The number of non-ortho nitro benzene ring substituents is 1. The molecular formula is C12H17N3O5S. The summed E-state index contributed by atoms with van der Waals surface area (Å²) in [5.41, 5.74) is 0.290. The molecule has 1 aromatic carbocycles. The van der Waals surface area contributed by atoms with Crippen molar-refractivity contribution in [2.24, 2.45) is 0 Å². The van der Waals surface area contributed by atoms with Gasteiger partial charge < -0.3 is 4.90 Å². The molecule has 0 saturated carbocycles. The highest BCUT2D eigenvalue weighted by atomic mass is 32.2. The molecule has 0 aromatic heterocycles. The lowest BCUT2D eigenvalue weighted by Gasteiger charge is -2.18. The van der Waals surface area contributed by atoms with E-state index in [0.29, 0.717) is 5.56 Å². The summed E-state index contributed by atoms with van der Waals surface area (Å²) in [6.07, 6.45) is 0. The number of rotatable bonds is 6. The molecule has 0 aliphatic carbocycles. The van der Waals surface area contributed by atoms with Crippen molar-refractivity contribution in [2.75, 3.05) is 14.1 Å². The normalized spacial score (nSPS) is 12.7. The Balaban J connectivity index is 2.76. The van der Waals surface area contributed by atoms with E-state index in [0.717, 1.165) is 0 Å². The molecule has 116 valence electrons. The van der Waals surface area contributed by atoms with Crippen LogP contribution in [0.5, 0.6) is 0 Å². The summed E-state index contributed by atoms with van der Waals surface area (Å²) in [6, 6.07) is 4.34. The van der Waals surface area contributed by atoms with Crippen molar-refractivity contribution < 1.29 is 18.1 Å². The van der Waals surface area contributed by atoms with Crippen LogP contribution in [0.25, 0.3) is 0 Å². The predicted octanol–water partition coefficient (Wildman–Crippen LogP) is 0.491. The minimum absolute atomic E-state index is 0.111. The maximum absolute atomic E-state index is 11.9. The molecule has 21 heavy (non-hydrogen) atoms. The fourth-order valence-electron chi connectivity index (χ4n) is 1.68. The number of carbonyl (C=O) groups excluding carboxylic acids is 1. The van der Waals surface area contributed by atoms with E-state index in [-0.39, 0.29) is 17.3 Å². The van der Waals surface area contributed by atoms with E-state index < -0.39 is 21.0 Å². The molecule has 0 saturated heterocycles. The van der Waals surface area contributed by atoms with E-state index in [9.17, 15) is 23.3 Å². The van der Waals surface area contributed by atoms with E-state index in [1.807, 2.05) is 0 Å². The largest absolute Gasteiger partial charge is 0.347 e. The first kappa shape index (κ1) is 17.1. The molecule has 0 bridgehead atoms. The summed E-state index contributed by atoms with van der Waals surface area (Å²) in [5.74, 6) is -0.710. The number of benzene rings is 1. The Kier molecular flexibility index (Phi) is 5.39. The number of sulfonamides is 1. The molecule has 1 rings (SSSR count). The van der Waals surface area contributed by atoms with Crippen LogP contribution in [0.4, 0.5) is 5.69 Å². The molecule has 0 aliphatic heterocycles. The number of nitrogens with one attached hydrogen (secondary N) is 1. The highest BCUT2D eigenvalue weighted by Crippen LogP contribution is 2.13. The van der Waals surface area contributed by atoms with Gasteiger partial charge >= 0.3 is 0 Å². The van der Waals surface area contributed by atoms with Crippen molar-refractivity contribution in [3.05, 3.63) is 39.9 Å². The van der Waals surface area contributed by atoms with Crippen LogP contribution in [0.15, 0.2) is 24.3 Å². The molecule has 0 aliphatic rings. The molecule has 1 N–H and O–H groups in total. The fourth-order valence-corrected chi connectivity index (χ4v) is 3.04. The van der Waals surface area contributed by atoms with Gasteiger partial charge in [-0.1, -0.05) is 12.1 Å². The lowest BCUT2D eigenvalue weighted by atomic mass is 10.2. The molecule has 0 fully saturated rings. The molecule has 0 radical (unpaired) electrons. The maximum atomic E-state index is 11.9. The smallest absolute Gasteiger partial charge is 0.269 e. The van der Waals surface area contributed by atoms with Gasteiger partial charge in [0.15, 0.2) is 0 Å². The topological polar surface area (TPSA) is 110 Å². The van der Waals surface area contributed by atoms with E-state index >= 15 is 0 Å². The number of hydrogen-bond acceptors (Lipinski definition) is 5. The third kappa shape index (κ3) is 5.12. The number of nitro benzene ring substituents is 1. The van der Waals surface area contributed by atoms with Gasteiger partial charge in [-0.3, -0.25) is 14.9 Å². The van der Waals surface area contributed by atoms with Crippen molar-refractivity contribution in [3.8, 4) is 0 Å². The average molecular weight is 315 g/mol. The van der Waals surface area contributed by atoms with Gasteiger partial charge in [-0.05, 0) is 12.5 Å². The zero-order valence-corrected chi connectivity index (χ0v) is 12.8. The Hall–Kier alpha value is -2.00. The molecule has 0 spiro atoms. The summed E-state index contributed by atoms with van der Waals surface area (Å²) in [4.78, 5) is 22.9. The van der Waals surface area contributed by atoms with E-state index in [1.165, 1.54) is 50.2 Å². The predicted molar refractivity (Wildman–Crippen MR) is 77.0 cm³/mol. The molecule has 8 nitrogen and oxygen atoms in total. The third-order valence-electron chi connectivity index (χ3n) is 2.67. The quantitative estimate of drug-likeness (QED) is 0.607. The monoisotopic (exact) mass is 315 g/mol. The van der Waals surface area contributed by atoms with Crippen LogP contribution in [0.1, 0.15) is 12.5 Å². The molecular weight excluding hydrogens is 298 g/mol. The summed E-state index contributed by atoms with van der Waals surface area (Å²) in [5, 5.41) is 10.5. The van der Waals surface area contributed by atoms with Crippen LogP contribution in [0.2, 0.25) is 0 Å². The highest BCUT2D eigenvalue weighted by Gasteiger charge is 2.21. The van der Waals surface area contributed by atoms with Gasteiger partial charge in [0.05, 0.1) is 16.7 Å². The van der Waals surface area contributed by atoms with Gasteiger partial charge in [-0.15, -0.1) is 0 Å². The van der Waals surface area contributed by atoms with Gasteiger partial charge in [0.1, 0.15) is 0 Å². The van der Waals surface area contributed by atoms with Crippen LogP contribution in [0.3, 0.4) is 0 Å². The number of amides is 1. The molecule has 1 unspecified atom stereocenters. The van der Waals surface area contributed by atoms with Crippen LogP contribution in [-0.2, 0) is 20.6 Å². The first-order chi connectivity index (χ1) is 9.62.